The van der Waals surface area contributed by atoms with Crippen LogP contribution < -0.4 is 10.6 Å². The number of piperidine rings is 1. The molecular formula is C16H34N4O. The van der Waals surface area contributed by atoms with Crippen LogP contribution in [0.4, 0.5) is 0 Å². The Balaban J connectivity index is 2.22. The molecule has 1 heterocycles. The van der Waals surface area contributed by atoms with Crippen molar-refractivity contribution < 1.29 is 4.74 Å². The van der Waals surface area contributed by atoms with Crippen molar-refractivity contribution in [2.75, 3.05) is 53.5 Å². The highest BCUT2D eigenvalue weighted by Gasteiger charge is 2.20. The summed E-state index contributed by atoms with van der Waals surface area (Å²) in [6.07, 6.45) is 3.64. The largest absolute Gasteiger partial charge is 0.385 e. The maximum absolute atomic E-state index is 5.05. The Morgan fingerprint density at radius 2 is 2.19 bits per heavy atom. The minimum absolute atomic E-state index is 0.732. The molecule has 2 N–H and O–H groups in total. The zero-order valence-corrected chi connectivity index (χ0v) is 14.3. The van der Waals surface area contributed by atoms with Gasteiger partial charge in [-0.3, -0.25) is 4.99 Å². The highest BCUT2D eigenvalue weighted by molar-refractivity contribution is 5.79. The van der Waals surface area contributed by atoms with E-state index >= 15 is 0 Å². The number of ether oxygens (including phenoxy) is 1. The number of nitrogens with zero attached hydrogens (tertiary/aromatic N) is 2. The van der Waals surface area contributed by atoms with E-state index in [0.29, 0.717) is 0 Å². The third-order valence-electron chi connectivity index (χ3n) is 3.83. The fraction of sp³-hybridized carbons (Fsp3) is 0.938. The molecular weight excluding hydrogens is 264 g/mol. The minimum Gasteiger partial charge on any atom is -0.385 e. The highest BCUT2D eigenvalue weighted by Crippen LogP contribution is 2.16. The van der Waals surface area contributed by atoms with Gasteiger partial charge in [0.2, 0.25) is 0 Å². The van der Waals surface area contributed by atoms with Crippen LogP contribution in [0, 0.1) is 11.8 Å². The topological polar surface area (TPSA) is 48.9 Å². The summed E-state index contributed by atoms with van der Waals surface area (Å²) < 4.78 is 5.05. The lowest BCUT2D eigenvalue weighted by atomic mass is 9.97. The third-order valence-corrected chi connectivity index (χ3v) is 3.83. The lowest BCUT2D eigenvalue weighted by Crippen LogP contribution is -2.45. The molecule has 124 valence electrons. The molecule has 1 rings (SSSR count). The van der Waals surface area contributed by atoms with Crippen LogP contribution in [0.5, 0.6) is 0 Å². The van der Waals surface area contributed by atoms with E-state index in [4.69, 9.17) is 4.74 Å². The second-order valence-corrected chi connectivity index (χ2v) is 6.39. The van der Waals surface area contributed by atoms with E-state index in [9.17, 15) is 0 Å². The number of nitrogens with one attached hydrogen (secondary N) is 2. The van der Waals surface area contributed by atoms with Crippen LogP contribution in [0.15, 0.2) is 4.99 Å². The van der Waals surface area contributed by atoms with E-state index in [0.717, 1.165) is 43.9 Å². The Hall–Kier alpha value is -0.810. The van der Waals surface area contributed by atoms with E-state index in [2.05, 4.69) is 34.4 Å². The molecule has 0 aromatic rings. The molecule has 0 saturated carbocycles. The molecule has 0 spiro atoms. The SMILES string of the molecule is CN=C(NCCCOC)NCC1CCCN(CC(C)C)C1. The van der Waals surface area contributed by atoms with Gasteiger partial charge in [0.1, 0.15) is 0 Å². The zero-order chi connectivity index (χ0) is 15.5. The third kappa shape index (κ3) is 8.27. The zero-order valence-electron chi connectivity index (χ0n) is 14.3. The molecule has 5 nitrogen and oxygen atoms in total. The molecule has 1 unspecified atom stereocenters. The van der Waals surface area contributed by atoms with Gasteiger partial charge in [0, 0.05) is 46.9 Å². The second-order valence-electron chi connectivity index (χ2n) is 6.39. The van der Waals surface area contributed by atoms with Crippen LogP contribution in [-0.2, 0) is 4.74 Å². The smallest absolute Gasteiger partial charge is 0.190 e. The summed E-state index contributed by atoms with van der Waals surface area (Å²) in [6, 6.07) is 0. The van der Waals surface area contributed by atoms with Crippen LogP contribution in [0.1, 0.15) is 33.1 Å². The number of methoxy groups -OCH3 is 1. The fourth-order valence-corrected chi connectivity index (χ4v) is 2.89. The quantitative estimate of drug-likeness (QED) is 0.406. The Bertz CT molecular complexity index is 294. The van der Waals surface area contributed by atoms with Crippen LogP contribution >= 0.6 is 0 Å². The summed E-state index contributed by atoms with van der Waals surface area (Å²) in [5, 5.41) is 6.79. The Kier molecular flexibility index (Phi) is 9.42. The van der Waals surface area contributed by atoms with Gasteiger partial charge in [-0.2, -0.15) is 0 Å². The summed E-state index contributed by atoms with van der Waals surface area (Å²) in [5.41, 5.74) is 0. The van der Waals surface area contributed by atoms with Gasteiger partial charge in [-0.1, -0.05) is 13.8 Å². The molecule has 0 aromatic carbocycles. The number of hydrogen-bond donors (Lipinski definition) is 2. The van der Waals surface area contributed by atoms with Gasteiger partial charge < -0.3 is 20.3 Å². The van der Waals surface area contributed by atoms with Gasteiger partial charge in [-0.25, -0.2) is 0 Å². The Morgan fingerprint density at radius 1 is 1.38 bits per heavy atom. The number of hydrogen-bond acceptors (Lipinski definition) is 3. The highest BCUT2D eigenvalue weighted by atomic mass is 16.5. The van der Waals surface area contributed by atoms with Crippen LogP contribution in [0.3, 0.4) is 0 Å². The van der Waals surface area contributed by atoms with E-state index in [1.807, 2.05) is 7.05 Å². The molecule has 1 aliphatic heterocycles. The van der Waals surface area contributed by atoms with E-state index in [-0.39, 0.29) is 0 Å². The molecule has 1 aliphatic rings. The first-order valence-corrected chi connectivity index (χ1v) is 8.31. The van der Waals surface area contributed by atoms with Crippen molar-refractivity contribution in [1.82, 2.24) is 15.5 Å². The van der Waals surface area contributed by atoms with Crippen molar-refractivity contribution in [2.45, 2.75) is 33.1 Å². The Morgan fingerprint density at radius 3 is 2.86 bits per heavy atom. The number of rotatable bonds is 8. The molecule has 0 radical (unpaired) electrons. The molecule has 1 fully saturated rings. The molecule has 0 amide bonds. The standard InChI is InChI=1S/C16H34N4O/c1-14(2)12-20-9-5-7-15(13-20)11-19-16(17-3)18-8-6-10-21-4/h14-15H,5-13H2,1-4H3,(H2,17,18,19). The number of guanidine groups is 1. The second kappa shape index (κ2) is 10.9. The maximum Gasteiger partial charge on any atom is 0.190 e. The van der Waals surface area contributed by atoms with Crippen molar-refractivity contribution in [1.29, 1.82) is 0 Å². The number of likely N-dealkylation sites (tertiary alicyclic amines) is 1. The molecule has 1 saturated heterocycles. The van der Waals surface area contributed by atoms with Crippen LogP contribution in [0.25, 0.3) is 0 Å². The van der Waals surface area contributed by atoms with Crippen molar-refractivity contribution in [3.63, 3.8) is 0 Å². The lowest BCUT2D eigenvalue weighted by molar-refractivity contribution is 0.159. The Labute approximate surface area is 130 Å². The van der Waals surface area contributed by atoms with Crippen molar-refractivity contribution in [3.05, 3.63) is 0 Å². The van der Waals surface area contributed by atoms with Crippen molar-refractivity contribution in [2.24, 2.45) is 16.8 Å². The predicted molar refractivity (Wildman–Crippen MR) is 89.9 cm³/mol. The van der Waals surface area contributed by atoms with Crippen molar-refractivity contribution in [3.8, 4) is 0 Å². The summed E-state index contributed by atoms with van der Waals surface area (Å²) in [5.74, 6) is 2.40. The predicted octanol–water partition coefficient (Wildman–Crippen LogP) is 1.56. The van der Waals surface area contributed by atoms with Gasteiger partial charge in [0.15, 0.2) is 5.96 Å². The molecule has 5 heteroatoms. The fourth-order valence-electron chi connectivity index (χ4n) is 2.89. The first-order chi connectivity index (χ1) is 10.2. The van der Waals surface area contributed by atoms with Gasteiger partial charge in [0.05, 0.1) is 0 Å². The van der Waals surface area contributed by atoms with Gasteiger partial charge >= 0.3 is 0 Å². The van der Waals surface area contributed by atoms with Crippen molar-refractivity contribution >= 4 is 5.96 Å². The average molecular weight is 298 g/mol. The molecule has 0 aliphatic carbocycles. The molecule has 21 heavy (non-hydrogen) atoms. The van der Waals surface area contributed by atoms with E-state index in [1.54, 1.807) is 7.11 Å². The normalized spacial score (nSPS) is 20.8. The average Bonchev–Trinajstić information content (AvgIpc) is 2.46. The molecule has 0 aromatic heterocycles. The van der Waals surface area contributed by atoms with Crippen LogP contribution in [0.2, 0.25) is 0 Å². The first kappa shape index (κ1) is 18.2. The van der Waals surface area contributed by atoms with Gasteiger partial charge in [0.25, 0.3) is 0 Å². The summed E-state index contributed by atoms with van der Waals surface area (Å²) in [6.45, 7) is 11.0. The lowest BCUT2D eigenvalue weighted by Gasteiger charge is -2.34. The monoisotopic (exact) mass is 298 g/mol. The molecule has 1 atom stereocenters. The molecule has 0 bridgehead atoms. The summed E-state index contributed by atoms with van der Waals surface area (Å²) >= 11 is 0. The van der Waals surface area contributed by atoms with Gasteiger partial charge in [-0.05, 0) is 37.6 Å². The summed E-state index contributed by atoms with van der Waals surface area (Å²) in [4.78, 5) is 6.88. The first-order valence-electron chi connectivity index (χ1n) is 8.31. The minimum atomic E-state index is 0.732. The van der Waals surface area contributed by atoms with Gasteiger partial charge in [-0.15, -0.1) is 0 Å². The van der Waals surface area contributed by atoms with E-state index in [1.165, 1.54) is 32.5 Å². The van der Waals surface area contributed by atoms with E-state index < -0.39 is 0 Å². The van der Waals surface area contributed by atoms with Crippen LogP contribution in [-0.4, -0.2) is 64.3 Å². The number of aliphatic imine (C=N–C) groups is 1. The summed E-state index contributed by atoms with van der Waals surface area (Å²) in [7, 11) is 3.57. The maximum atomic E-state index is 5.05.